The molecule has 0 radical (unpaired) electrons. The summed E-state index contributed by atoms with van der Waals surface area (Å²) in [5, 5.41) is 2.81. The predicted molar refractivity (Wildman–Crippen MR) is 132 cm³/mol. The van der Waals surface area contributed by atoms with E-state index in [0.717, 1.165) is 45.6 Å². The highest BCUT2D eigenvalue weighted by atomic mass is 35.5. The van der Waals surface area contributed by atoms with Crippen molar-refractivity contribution in [1.29, 1.82) is 0 Å². The largest absolute Gasteiger partial charge is 0.454 e. The van der Waals surface area contributed by atoms with Crippen molar-refractivity contribution < 1.29 is 9.40 Å². The van der Waals surface area contributed by atoms with Gasteiger partial charge in [-0.25, -0.2) is 4.98 Å². The summed E-state index contributed by atoms with van der Waals surface area (Å²) < 4.78 is 6.09. The van der Waals surface area contributed by atoms with Crippen LogP contribution >= 0.6 is 23.2 Å². The molecule has 2 aromatic heterocycles. The number of aromatic amines is 1. The molecule has 6 rings (SSSR count). The van der Waals surface area contributed by atoms with Gasteiger partial charge in [0.15, 0.2) is 5.58 Å². The molecule has 1 aliphatic carbocycles. The summed E-state index contributed by atoms with van der Waals surface area (Å²) in [6.45, 7) is 0. The van der Waals surface area contributed by atoms with Gasteiger partial charge in [0.1, 0.15) is 5.58 Å². The third kappa shape index (κ3) is 3.62. The maximum Gasteiger partial charge on any atom is 0.284 e. The lowest BCUT2D eigenvalue weighted by Gasteiger charge is -2.09. The van der Waals surface area contributed by atoms with Gasteiger partial charge >= 0.3 is 0 Å². The molecule has 1 N–H and O–H groups in total. The van der Waals surface area contributed by atoms with Crippen LogP contribution in [0.15, 0.2) is 89.4 Å². The lowest BCUT2D eigenvalue weighted by atomic mass is 9.99. The number of hydrogen-bond acceptors (Lipinski definition) is 3. The van der Waals surface area contributed by atoms with E-state index in [1.807, 2.05) is 60.7 Å². The highest BCUT2D eigenvalue weighted by molar-refractivity contribution is 6.39. The zero-order valence-electron chi connectivity index (χ0n) is 17.4. The molecule has 0 amide bonds. The fourth-order valence-corrected chi connectivity index (χ4v) is 4.80. The number of fused-ring (bicyclic) bond motifs is 3. The van der Waals surface area contributed by atoms with Crippen LogP contribution in [0, 0.1) is 0 Å². The van der Waals surface area contributed by atoms with Crippen LogP contribution < -0.4 is 4.98 Å². The maximum atomic E-state index is 6.44. The van der Waals surface area contributed by atoms with Crippen molar-refractivity contribution in [2.75, 3.05) is 0 Å². The molecule has 0 aliphatic heterocycles. The summed E-state index contributed by atoms with van der Waals surface area (Å²) in [7, 11) is 0. The SMILES string of the molecule is Clc1cc(Cl)c2oc3cccc(-c4nc(C5C=CC=CC5)nc(-c5ccccc5)[nH+]4)c3c2c1. The molecular formula is C27H18Cl2N3O+. The Labute approximate surface area is 200 Å². The minimum Gasteiger partial charge on any atom is -0.454 e. The Morgan fingerprint density at radius 3 is 2.58 bits per heavy atom. The Bertz CT molecular complexity index is 1570. The summed E-state index contributed by atoms with van der Waals surface area (Å²) in [6, 6.07) is 19.6. The third-order valence-corrected chi connectivity index (χ3v) is 6.32. The first kappa shape index (κ1) is 20.2. The number of nitrogens with zero attached hydrogens (tertiary/aromatic N) is 2. The molecule has 0 saturated carbocycles. The van der Waals surface area contributed by atoms with E-state index in [1.165, 1.54) is 0 Å². The molecule has 33 heavy (non-hydrogen) atoms. The van der Waals surface area contributed by atoms with Crippen molar-refractivity contribution in [1.82, 2.24) is 9.97 Å². The molecule has 1 aliphatic rings. The second kappa shape index (κ2) is 8.14. The van der Waals surface area contributed by atoms with Gasteiger partial charge < -0.3 is 4.42 Å². The van der Waals surface area contributed by atoms with Crippen LogP contribution in [0.2, 0.25) is 10.0 Å². The molecule has 3 aromatic carbocycles. The summed E-state index contributed by atoms with van der Waals surface area (Å²) in [5.41, 5.74) is 3.23. The molecule has 5 aromatic rings. The number of allylic oxidation sites excluding steroid dienone is 4. The molecule has 1 atom stereocenters. The smallest absolute Gasteiger partial charge is 0.284 e. The van der Waals surface area contributed by atoms with E-state index in [0.29, 0.717) is 21.5 Å². The standard InChI is InChI=1S/C27H17Cl2N3O/c28-18-14-20-23-19(12-7-13-22(23)33-24(20)21(29)15-18)27-31-25(16-8-3-1-4-9-16)30-26(32-27)17-10-5-2-6-11-17/h1-10,12-15,17H,11H2/p+1. The van der Waals surface area contributed by atoms with Crippen molar-refractivity contribution in [3.63, 3.8) is 0 Å². The maximum absolute atomic E-state index is 6.44. The van der Waals surface area contributed by atoms with Gasteiger partial charge in [0.05, 0.1) is 22.1 Å². The number of aromatic nitrogens is 3. The van der Waals surface area contributed by atoms with Gasteiger partial charge in [-0.1, -0.05) is 81.7 Å². The number of rotatable bonds is 3. The average molecular weight is 471 g/mol. The first-order valence-electron chi connectivity index (χ1n) is 10.7. The molecule has 0 spiro atoms. The van der Waals surface area contributed by atoms with Crippen LogP contribution in [0.1, 0.15) is 18.2 Å². The molecule has 1 unspecified atom stereocenters. The lowest BCUT2D eigenvalue weighted by molar-refractivity contribution is -0.360. The van der Waals surface area contributed by atoms with Crippen LogP contribution in [0.25, 0.3) is 44.7 Å². The molecule has 4 nitrogen and oxygen atoms in total. The first-order valence-corrected chi connectivity index (χ1v) is 11.4. The van der Waals surface area contributed by atoms with Gasteiger partial charge in [0, 0.05) is 15.8 Å². The van der Waals surface area contributed by atoms with Crippen molar-refractivity contribution in [2.45, 2.75) is 12.3 Å². The van der Waals surface area contributed by atoms with Crippen molar-refractivity contribution in [2.24, 2.45) is 0 Å². The monoisotopic (exact) mass is 470 g/mol. The van der Waals surface area contributed by atoms with Gasteiger partial charge in [-0.2, -0.15) is 0 Å². The number of hydrogen-bond donors (Lipinski definition) is 0. The topological polar surface area (TPSA) is 53.1 Å². The number of furan rings is 1. The Balaban J connectivity index is 1.63. The Morgan fingerprint density at radius 1 is 0.909 bits per heavy atom. The quantitative estimate of drug-likeness (QED) is 0.275. The van der Waals surface area contributed by atoms with Crippen LogP contribution in [-0.2, 0) is 0 Å². The summed E-state index contributed by atoms with van der Waals surface area (Å²) in [6.07, 6.45) is 9.24. The minimum absolute atomic E-state index is 0.106. The second-order valence-corrected chi connectivity index (χ2v) is 8.81. The van der Waals surface area contributed by atoms with Crippen LogP contribution in [0.5, 0.6) is 0 Å². The summed E-state index contributed by atoms with van der Waals surface area (Å²) in [4.78, 5) is 13.3. The zero-order valence-corrected chi connectivity index (χ0v) is 18.9. The van der Waals surface area contributed by atoms with Crippen LogP contribution in [0.4, 0.5) is 0 Å². The number of halogens is 2. The summed E-state index contributed by atoms with van der Waals surface area (Å²) in [5.74, 6) is 2.35. The molecule has 0 bridgehead atoms. The molecular weight excluding hydrogens is 453 g/mol. The van der Waals surface area contributed by atoms with E-state index in [2.05, 4.69) is 23.2 Å². The van der Waals surface area contributed by atoms with Gasteiger partial charge in [0.25, 0.3) is 17.5 Å². The molecule has 0 saturated heterocycles. The second-order valence-electron chi connectivity index (χ2n) is 7.97. The van der Waals surface area contributed by atoms with Gasteiger partial charge in [-0.15, -0.1) is 0 Å². The van der Waals surface area contributed by atoms with Gasteiger partial charge in [-0.05, 0) is 42.8 Å². The van der Waals surface area contributed by atoms with E-state index in [1.54, 1.807) is 6.07 Å². The molecule has 2 heterocycles. The normalized spacial score (nSPS) is 15.5. The van der Waals surface area contributed by atoms with Crippen molar-refractivity contribution in [3.05, 3.63) is 101 Å². The summed E-state index contributed by atoms with van der Waals surface area (Å²) >= 11 is 12.8. The van der Waals surface area contributed by atoms with Crippen molar-refractivity contribution in [3.8, 4) is 22.8 Å². The van der Waals surface area contributed by atoms with Crippen LogP contribution in [-0.4, -0.2) is 9.97 Å². The Morgan fingerprint density at radius 2 is 1.76 bits per heavy atom. The van der Waals surface area contributed by atoms with Crippen molar-refractivity contribution >= 4 is 45.1 Å². The Hall–Kier alpha value is -3.47. The zero-order chi connectivity index (χ0) is 22.4. The number of H-pyrrole nitrogens is 1. The highest BCUT2D eigenvalue weighted by Crippen LogP contribution is 2.39. The van der Waals surface area contributed by atoms with E-state index >= 15 is 0 Å². The fraction of sp³-hybridized carbons (Fsp3) is 0.0741. The van der Waals surface area contributed by atoms with Crippen LogP contribution in [0.3, 0.4) is 0 Å². The van der Waals surface area contributed by atoms with E-state index in [-0.39, 0.29) is 5.92 Å². The first-order chi connectivity index (χ1) is 16.2. The fourth-order valence-electron chi connectivity index (χ4n) is 4.27. The van der Waals surface area contributed by atoms with E-state index < -0.39 is 0 Å². The number of benzene rings is 3. The molecule has 160 valence electrons. The third-order valence-electron chi connectivity index (χ3n) is 5.82. The van der Waals surface area contributed by atoms with E-state index in [9.17, 15) is 0 Å². The molecule has 6 heteroatoms. The average Bonchev–Trinajstić information content (AvgIpc) is 3.24. The van der Waals surface area contributed by atoms with E-state index in [4.69, 9.17) is 37.6 Å². The van der Waals surface area contributed by atoms with Gasteiger partial charge in [-0.3, -0.25) is 0 Å². The molecule has 0 fully saturated rings. The highest BCUT2D eigenvalue weighted by Gasteiger charge is 2.26. The minimum atomic E-state index is 0.106. The predicted octanol–water partition coefficient (Wildman–Crippen LogP) is 7.43. The lowest BCUT2D eigenvalue weighted by Crippen LogP contribution is -2.19. The Kier molecular flexibility index (Phi) is 4.97. The number of nitrogens with one attached hydrogen (secondary N) is 1. The van der Waals surface area contributed by atoms with Gasteiger partial charge in [0.2, 0.25) is 0 Å².